The zero-order valence-electron chi connectivity index (χ0n) is 8.91. The maximum absolute atomic E-state index is 9.21. The Bertz CT molecular complexity index is 474. The molecule has 0 saturated carbocycles. The van der Waals surface area contributed by atoms with Crippen molar-refractivity contribution in [2.75, 3.05) is 0 Å². The van der Waals surface area contributed by atoms with Crippen LogP contribution in [0.1, 0.15) is 17.1 Å². The Morgan fingerprint density at radius 3 is 2.67 bits per heavy atom. The molecule has 0 saturated heterocycles. The lowest BCUT2D eigenvalue weighted by atomic mass is 10.0. The van der Waals surface area contributed by atoms with Gasteiger partial charge in [0.15, 0.2) is 0 Å². The number of benzene rings is 1. The highest BCUT2D eigenvalue weighted by molar-refractivity contribution is 5.65. The van der Waals surface area contributed by atoms with Crippen LogP contribution >= 0.6 is 0 Å². The summed E-state index contributed by atoms with van der Waals surface area (Å²) in [5, 5.41) is 9.21. The number of hydrogen-bond acceptors (Lipinski definition) is 2. The van der Waals surface area contributed by atoms with Crippen molar-refractivity contribution in [3.63, 3.8) is 0 Å². The predicted molar refractivity (Wildman–Crippen MR) is 59.4 cm³/mol. The highest BCUT2D eigenvalue weighted by atomic mass is 16.3. The van der Waals surface area contributed by atoms with Crippen LogP contribution in [0.5, 0.6) is 0 Å². The summed E-state index contributed by atoms with van der Waals surface area (Å²) in [6.07, 6.45) is 0. The van der Waals surface area contributed by atoms with Gasteiger partial charge in [-0.1, -0.05) is 24.3 Å². The second-order valence-corrected chi connectivity index (χ2v) is 3.62. The first kappa shape index (κ1) is 9.93. The molecule has 0 aliphatic heterocycles. The summed E-state index contributed by atoms with van der Waals surface area (Å²) in [6, 6.07) is 8.04. The molecule has 3 heteroatoms. The van der Waals surface area contributed by atoms with Gasteiger partial charge in [-0.15, -0.1) is 0 Å². The van der Waals surface area contributed by atoms with E-state index in [0.29, 0.717) is 0 Å². The zero-order chi connectivity index (χ0) is 10.8. The number of H-pyrrole nitrogens is 1. The molecule has 0 aliphatic carbocycles. The van der Waals surface area contributed by atoms with Crippen LogP contribution in [0.4, 0.5) is 0 Å². The molecule has 15 heavy (non-hydrogen) atoms. The maximum atomic E-state index is 9.21. The normalized spacial score (nSPS) is 10.6. The summed E-state index contributed by atoms with van der Waals surface area (Å²) in [5.41, 5.74) is 3.87. The molecule has 0 fully saturated rings. The summed E-state index contributed by atoms with van der Waals surface area (Å²) >= 11 is 0. The molecule has 0 spiro atoms. The lowest BCUT2D eigenvalue weighted by Gasteiger charge is -2.03. The summed E-state index contributed by atoms with van der Waals surface area (Å²) in [5.74, 6) is 0.831. The molecule has 0 aliphatic rings. The largest absolute Gasteiger partial charge is 0.390 e. The van der Waals surface area contributed by atoms with Crippen LogP contribution in [0.2, 0.25) is 0 Å². The summed E-state index contributed by atoms with van der Waals surface area (Å²) in [4.78, 5) is 7.46. The van der Waals surface area contributed by atoms with Crippen LogP contribution in [0, 0.1) is 13.8 Å². The Kier molecular flexibility index (Phi) is 2.56. The van der Waals surface area contributed by atoms with E-state index < -0.39 is 0 Å². The zero-order valence-corrected chi connectivity index (χ0v) is 8.91. The summed E-state index contributed by atoms with van der Waals surface area (Å²) in [7, 11) is 0. The minimum absolute atomic E-state index is 0.00942. The van der Waals surface area contributed by atoms with E-state index in [9.17, 15) is 5.11 Å². The van der Waals surface area contributed by atoms with Gasteiger partial charge in [0.1, 0.15) is 5.82 Å². The smallest absolute Gasteiger partial charge is 0.103 e. The molecule has 1 heterocycles. The van der Waals surface area contributed by atoms with Crippen molar-refractivity contribution in [1.82, 2.24) is 9.97 Å². The van der Waals surface area contributed by atoms with Crippen molar-refractivity contribution in [2.45, 2.75) is 20.5 Å². The SMILES string of the molecule is Cc1nc(-c2ccccc2C)c(CO)[nH]1. The maximum Gasteiger partial charge on any atom is 0.103 e. The lowest BCUT2D eigenvalue weighted by Crippen LogP contribution is -1.89. The third-order valence-electron chi connectivity index (χ3n) is 2.46. The van der Waals surface area contributed by atoms with Crippen molar-refractivity contribution in [3.8, 4) is 11.3 Å². The average Bonchev–Trinajstić information content (AvgIpc) is 2.60. The number of aromatic nitrogens is 2. The first-order valence-electron chi connectivity index (χ1n) is 4.94. The lowest BCUT2D eigenvalue weighted by molar-refractivity contribution is 0.278. The van der Waals surface area contributed by atoms with Gasteiger partial charge in [-0.3, -0.25) is 0 Å². The predicted octanol–water partition coefficient (Wildman–Crippen LogP) is 2.19. The Morgan fingerprint density at radius 2 is 2.00 bits per heavy atom. The molecular weight excluding hydrogens is 188 g/mol. The van der Waals surface area contributed by atoms with Gasteiger partial charge in [-0.2, -0.15) is 0 Å². The minimum Gasteiger partial charge on any atom is -0.390 e. The molecule has 1 aromatic heterocycles. The Labute approximate surface area is 88.8 Å². The first-order valence-corrected chi connectivity index (χ1v) is 4.94. The molecule has 2 rings (SSSR count). The molecule has 3 nitrogen and oxygen atoms in total. The Hall–Kier alpha value is -1.61. The molecule has 0 bridgehead atoms. The fourth-order valence-electron chi connectivity index (χ4n) is 1.72. The van der Waals surface area contributed by atoms with Gasteiger partial charge >= 0.3 is 0 Å². The van der Waals surface area contributed by atoms with Gasteiger partial charge in [0.2, 0.25) is 0 Å². The van der Waals surface area contributed by atoms with Crippen LogP contribution in [0.3, 0.4) is 0 Å². The van der Waals surface area contributed by atoms with Crippen LogP contribution in [0.25, 0.3) is 11.3 Å². The highest BCUT2D eigenvalue weighted by Crippen LogP contribution is 2.24. The molecule has 0 atom stereocenters. The Balaban J connectivity index is 2.58. The van der Waals surface area contributed by atoms with E-state index in [1.165, 1.54) is 5.56 Å². The van der Waals surface area contributed by atoms with E-state index in [0.717, 1.165) is 22.8 Å². The number of rotatable bonds is 2. The number of nitrogens with zero attached hydrogens (tertiary/aromatic N) is 1. The molecule has 2 aromatic rings. The van der Waals surface area contributed by atoms with Crippen molar-refractivity contribution >= 4 is 0 Å². The number of nitrogens with one attached hydrogen (secondary N) is 1. The monoisotopic (exact) mass is 202 g/mol. The molecule has 2 N–H and O–H groups in total. The van der Waals surface area contributed by atoms with Crippen molar-refractivity contribution < 1.29 is 5.11 Å². The molecule has 0 amide bonds. The molecular formula is C12H14N2O. The van der Waals surface area contributed by atoms with Crippen molar-refractivity contribution in [1.29, 1.82) is 0 Å². The van der Waals surface area contributed by atoms with Crippen molar-refractivity contribution in [2.24, 2.45) is 0 Å². The van der Waals surface area contributed by atoms with Gasteiger partial charge in [-0.25, -0.2) is 4.98 Å². The summed E-state index contributed by atoms with van der Waals surface area (Å²) < 4.78 is 0. The average molecular weight is 202 g/mol. The van der Waals surface area contributed by atoms with Crippen LogP contribution < -0.4 is 0 Å². The highest BCUT2D eigenvalue weighted by Gasteiger charge is 2.10. The van der Waals surface area contributed by atoms with Crippen LogP contribution in [-0.2, 0) is 6.61 Å². The van der Waals surface area contributed by atoms with Crippen molar-refractivity contribution in [3.05, 3.63) is 41.3 Å². The van der Waals surface area contributed by atoms with Gasteiger partial charge in [0.05, 0.1) is 18.0 Å². The quantitative estimate of drug-likeness (QED) is 0.784. The van der Waals surface area contributed by atoms with E-state index in [2.05, 4.69) is 9.97 Å². The topological polar surface area (TPSA) is 48.9 Å². The van der Waals surface area contributed by atoms with E-state index >= 15 is 0 Å². The third kappa shape index (κ3) is 1.78. The minimum atomic E-state index is -0.00942. The standard InChI is InChI=1S/C12H14N2O/c1-8-5-3-4-6-10(8)12-11(7-15)13-9(2)14-12/h3-6,15H,7H2,1-2H3,(H,13,14). The Morgan fingerprint density at radius 1 is 1.27 bits per heavy atom. The van der Waals surface area contributed by atoms with Gasteiger partial charge in [0.25, 0.3) is 0 Å². The van der Waals surface area contributed by atoms with Crippen LogP contribution in [0.15, 0.2) is 24.3 Å². The molecule has 0 radical (unpaired) electrons. The number of aromatic amines is 1. The van der Waals surface area contributed by atoms with E-state index in [1.54, 1.807) is 0 Å². The number of aliphatic hydroxyl groups is 1. The van der Waals surface area contributed by atoms with E-state index in [-0.39, 0.29) is 6.61 Å². The second kappa shape index (κ2) is 3.87. The third-order valence-corrected chi connectivity index (χ3v) is 2.46. The molecule has 78 valence electrons. The van der Waals surface area contributed by atoms with Crippen LogP contribution in [-0.4, -0.2) is 15.1 Å². The fraction of sp³-hybridized carbons (Fsp3) is 0.250. The molecule has 1 aromatic carbocycles. The van der Waals surface area contributed by atoms with E-state index in [1.807, 2.05) is 38.1 Å². The number of imidazole rings is 1. The second-order valence-electron chi connectivity index (χ2n) is 3.62. The molecule has 0 unspecified atom stereocenters. The number of aryl methyl sites for hydroxylation is 2. The number of aliphatic hydroxyl groups excluding tert-OH is 1. The fourth-order valence-corrected chi connectivity index (χ4v) is 1.72. The first-order chi connectivity index (χ1) is 7.22. The van der Waals surface area contributed by atoms with Gasteiger partial charge in [0, 0.05) is 5.56 Å². The van der Waals surface area contributed by atoms with Gasteiger partial charge < -0.3 is 10.1 Å². The van der Waals surface area contributed by atoms with Gasteiger partial charge in [-0.05, 0) is 19.4 Å². The summed E-state index contributed by atoms with van der Waals surface area (Å²) in [6.45, 7) is 3.92. The van der Waals surface area contributed by atoms with E-state index in [4.69, 9.17) is 0 Å². The number of hydrogen-bond donors (Lipinski definition) is 2.